The van der Waals surface area contributed by atoms with Crippen molar-refractivity contribution in [2.45, 2.75) is 38.3 Å². The number of anilines is 1. The summed E-state index contributed by atoms with van der Waals surface area (Å²) in [4.78, 5) is 36.4. The highest BCUT2D eigenvalue weighted by atomic mass is 35.5. The highest BCUT2D eigenvalue weighted by molar-refractivity contribution is 6.31. The van der Waals surface area contributed by atoms with Gasteiger partial charge in [0.2, 0.25) is 5.95 Å². The maximum atomic E-state index is 13.8. The average Bonchev–Trinajstić information content (AvgIpc) is 3.30. The van der Waals surface area contributed by atoms with Crippen molar-refractivity contribution in [2.75, 3.05) is 24.6 Å². The number of carboxylic acids is 1. The first kappa shape index (κ1) is 28.0. The number of aliphatic carboxylic acids is 1. The second kappa shape index (κ2) is 11.7. The van der Waals surface area contributed by atoms with Crippen LogP contribution in [0.15, 0.2) is 53.3 Å². The molecule has 4 aromatic rings. The smallest absolute Gasteiger partial charge is 0.306 e. The number of rotatable bonds is 9. The van der Waals surface area contributed by atoms with Gasteiger partial charge in [-0.2, -0.15) is 9.97 Å². The van der Waals surface area contributed by atoms with Crippen LogP contribution in [0.3, 0.4) is 0 Å². The Morgan fingerprint density at radius 3 is 2.69 bits per heavy atom. The number of halogens is 1. The van der Waals surface area contributed by atoms with E-state index in [1.165, 1.54) is 4.57 Å². The summed E-state index contributed by atoms with van der Waals surface area (Å²) in [7, 11) is 1.61. The number of fused-ring (bicyclic) bond motifs is 1. The van der Waals surface area contributed by atoms with Gasteiger partial charge in [0.15, 0.2) is 11.2 Å². The summed E-state index contributed by atoms with van der Waals surface area (Å²) in [5.41, 5.74) is 7.49. The number of nitrogens with zero attached hydrogens (tertiary/aromatic N) is 5. The molecule has 0 amide bonds. The number of hydrogen-bond donors (Lipinski definition) is 2. The molecular weight excluding hydrogens is 560 g/mol. The van der Waals surface area contributed by atoms with Crippen LogP contribution in [0.4, 0.5) is 5.95 Å². The van der Waals surface area contributed by atoms with Gasteiger partial charge in [-0.1, -0.05) is 35.9 Å². The van der Waals surface area contributed by atoms with E-state index < -0.39 is 5.97 Å². The molecule has 2 fully saturated rings. The number of piperidine rings is 1. The monoisotopic (exact) mass is 592 g/mol. The van der Waals surface area contributed by atoms with Gasteiger partial charge in [0.05, 0.1) is 19.1 Å². The highest BCUT2D eigenvalue weighted by Crippen LogP contribution is 2.35. The molecule has 11 nitrogen and oxygen atoms in total. The Labute approximate surface area is 247 Å². The minimum atomic E-state index is -0.753. The molecule has 1 aliphatic heterocycles. The summed E-state index contributed by atoms with van der Waals surface area (Å²) < 4.78 is 15.2. The molecule has 1 saturated carbocycles. The fourth-order valence-corrected chi connectivity index (χ4v) is 5.82. The van der Waals surface area contributed by atoms with Crippen LogP contribution in [0.2, 0.25) is 5.02 Å². The van der Waals surface area contributed by atoms with Gasteiger partial charge in [0.25, 0.3) is 5.56 Å². The molecule has 220 valence electrons. The van der Waals surface area contributed by atoms with Crippen molar-refractivity contribution in [2.24, 2.45) is 24.6 Å². The van der Waals surface area contributed by atoms with Gasteiger partial charge in [0.1, 0.15) is 11.5 Å². The van der Waals surface area contributed by atoms with Crippen LogP contribution in [-0.4, -0.2) is 55.9 Å². The average molecular weight is 593 g/mol. The Balaban J connectivity index is 1.29. The molecule has 3 N–H and O–H groups in total. The fraction of sp³-hybridized carbons (Fsp3) is 0.400. The third-order valence-electron chi connectivity index (χ3n) is 8.04. The molecule has 6 rings (SSSR count). The molecule has 1 atom stereocenters. The molecule has 1 saturated heterocycles. The minimum absolute atomic E-state index is 0.0133. The van der Waals surface area contributed by atoms with E-state index >= 15 is 0 Å². The quantitative estimate of drug-likeness (QED) is 0.295. The summed E-state index contributed by atoms with van der Waals surface area (Å²) >= 11 is 6.50. The summed E-state index contributed by atoms with van der Waals surface area (Å²) in [5.74, 6) is 0.838. The molecule has 42 heavy (non-hydrogen) atoms. The zero-order valence-corrected chi connectivity index (χ0v) is 24.0. The number of ether oxygens (including phenoxy) is 2. The van der Waals surface area contributed by atoms with Crippen LogP contribution in [-0.2, 0) is 18.4 Å². The summed E-state index contributed by atoms with van der Waals surface area (Å²) in [6, 6.07) is 14.7. The van der Waals surface area contributed by atoms with Crippen molar-refractivity contribution >= 4 is 34.7 Å². The predicted octanol–water partition coefficient (Wildman–Crippen LogP) is 4.04. The number of aromatic nitrogens is 4. The molecule has 2 aliphatic rings. The summed E-state index contributed by atoms with van der Waals surface area (Å²) in [6.07, 6.45) is 3.10. The Morgan fingerprint density at radius 1 is 1.14 bits per heavy atom. The molecule has 2 aromatic heterocycles. The van der Waals surface area contributed by atoms with Crippen LogP contribution in [0.25, 0.3) is 11.2 Å². The lowest BCUT2D eigenvalue weighted by Gasteiger charge is -2.32. The lowest BCUT2D eigenvalue weighted by Crippen LogP contribution is -2.44. The Bertz CT molecular complexity index is 1680. The van der Waals surface area contributed by atoms with E-state index in [1.54, 1.807) is 25.2 Å². The fourth-order valence-electron chi connectivity index (χ4n) is 5.62. The standard InChI is InChI=1S/C30H33ClN6O5/c1-35-27(38)25-26(33-29(36-11-5-7-21(32)16-36)37(25)15-19-6-2-3-10-24(19)31)34-30(35)42-23-9-4-8-22(14-23)41-17-18-12-20(13-18)28(39)40/h2-4,6,8-10,14,18,20-21H,5,7,11-13,15-17,32H2,1H3,(H,39,40)/t18?,20?,21-/m1/s1. The highest BCUT2D eigenvalue weighted by Gasteiger charge is 2.34. The Hall–Kier alpha value is -4.09. The number of carboxylic acid groups (broad SMARTS) is 1. The molecule has 2 aromatic carbocycles. The van der Waals surface area contributed by atoms with Crippen molar-refractivity contribution in [1.29, 1.82) is 0 Å². The van der Waals surface area contributed by atoms with Crippen LogP contribution in [0.1, 0.15) is 31.2 Å². The van der Waals surface area contributed by atoms with Crippen molar-refractivity contribution in [3.05, 3.63) is 69.5 Å². The van der Waals surface area contributed by atoms with E-state index in [-0.39, 0.29) is 35.1 Å². The SMILES string of the molecule is Cn1c(Oc2cccc(OCC3CC(C(=O)O)C3)c2)nc2nc(N3CCC[C@@H](N)C3)n(Cc3ccccc3Cl)c2c1=O. The molecule has 0 bridgehead atoms. The first-order valence-corrected chi connectivity index (χ1v) is 14.5. The van der Waals surface area contributed by atoms with Gasteiger partial charge in [-0.05, 0) is 55.4 Å². The van der Waals surface area contributed by atoms with Gasteiger partial charge < -0.3 is 25.2 Å². The van der Waals surface area contributed by atoms with Gasteiger partial charge in [-0.3, -0.25) is 18.7 Å². The molecule has 12 heteroatoms. The normalized spacial score (nSPS) is 20.4. The van der Waals surface area contributed by atoms with Gasteiger partial charge >= 0.3 is 12.0 Å². The van der Waals surface area contributed by atoms with Crippen molar-refractivity contribution < 1.29 is 19.4 Å². The van der Waals surface area contributed by atoms with Gasteiger partial charge in [-0.25, -0.2) is 0 Å². The molecule has 1 aliphatic carbocycles. The molecular formula is C30H33ClN6O5. The molecule has 0 unspecified atom stereocenters. The number of hydrogen-bond acceptors (Lipinski definition) is 8. The van der Waals surface area contributed by atoms with E-state index in [4.69, 9.17) is 36.9 Å². The maximum Gasteiger partial charge on any atom is 0.306 e. The van der Waals surface area contributed by atoms with Crippen LogP contribution < -0.4 is 25.7 Å². The van der Waals surface area contributed by atoms with E-state index in [1.807, 2.05) is 34.9 Å². The van der Waals surface area contributed by atoms with Crippen LogP contribution >= 0.6 is 11.6 Å². The first-order chi connectivity index (χ1) is 20.3. The van der Waals surface area contributed by atoms with E-state index in [2.05, 4.69) is 9.88 Å². The van der Waals surface area contributed by atoms with Crippen LogP contribution in [0, 0.1) is 11.8 Å². The van der Waals surface area contributed by atoms with Crippen molar-refractivity contribution in [3.63, 3.8) is 0 Å². The number of nitrogens with two attached hydrogens (primary N) is 1. The van der Waals surface area contributed by atoms with E-state index in [9.17, 15) is 9.59 Å². The van der Waals surface area contributed by atoms with Gasteiger partial charge in [-0.15, -0.1) is 0 Å². The molecule has 3 heterocycles. The third-order valence-corrected chi connectivity index (χ3v) is 8.41. The zero-order chi connectivity index (χ0) is 29.4. The topological polar surface area (TPSA) is 138 Å². The summed E-state index contributed by atoms with van der Waals surface area (Å²) in [5, 5.41) is 9.69. The van der Waals surface area contributed by atoms with E-state index in [0.717, 1.165) is 24.9 Å². The minimum Gasteiger partial charge on any atom is -0.493 e. The van der Waals surface area contributed by atoms with Crippen LogP contribution in [0.5, 0.6) is 17.5 Å². The largest absolute Gasteiger partial charge is 0.493 e. The Kier molecular flexibility index (Phi) is 7.78. The first-order valence-electron chi connectivity index (χ1n) is 14.1. The second-order valence-corrected chi connectivity index (χ2v) is 11.5. The third kappa shape index (κ3) is 5.66. The summed E-state index contributed by atoms with van der Waals surface area (Å²) in [6.45, 7) is 2.18. The lowest BCUT2D eigenvalue weighted by molar-refractivity contribution is -0.146. The number of imidazole rings is 1. The maximum absolute atomic E-state index is 13.8. The zero-order valence-electron chi connectivity index (χ0n) is 23.3. The Morgan fingerprint density at radius 2 is 1.93 bits per heavy atom. The van der Waals surface area contributed by atoms with Crippen molar-refractivity contribution in [3.8, 4) is 17.5 Å². The molecule has 0 spiro atoms. The molecule has 0 radical (unpaired) electrons. The number of benzene rings is 2. The predicted molar refractivity (Wildman–Crippen MR) is 159 cm³/mol. The van der Waals surface area contributed by atoms with Crippen molar-refractivity contribution in [1.82, 2.24) is 19.1 Å². The lowest BCUT2D eigenvalue weighted by atomic mass is 9.75. The van der Waals surface area contributed by atoms with Gasteiger partial charge in [0, 0.05) is 37.3 Å². The number of carbonyl (C=O) groups is 1. The van der Waals surface area contributed by atoms with E-state index in [0.29, 0.717) is 60.5 Å². The second-order valence-electron chi connectivity index (χ2n) is 11.1.